The van der Waals surface area contributed by atoms with Crippen molar-refractivity contribution in [3.63, 3.8) is 0 Å². The molecular weight excluding hydrogens is 254 g/mol. The van der Waals surface area contributed by atoms with Gasteiger partial charge in [-0.15, -0.1) is 0 Å². The van der Waals surface area contributed by atoms with Gasteiger partial charge in [0.15, 0.2) is 0 Å². The highest BCUT2D eigenvalue weighted by Gasteiger charge is 2.15. The van der Waals surface area contributed by atoms with Crippen molar-refractivity contribution in [1.82, 2.24) is 4.90 Å². The largest absolute Gasteiger partial charge is 0.299 e. The molecule has 0 bridgehead atoms. The molecule has 0 amide bonds. The first-order valence-electron chi connectivity index (χ1n) is 8.74. The van der Waals surface area contributed by atoms with E-state index in [4.69, 9.17) is 0 Å². The highest BCUT2D eigenvalue weighted by atomic mass is 15.1. The van der Waals surface area contributed by atoms with Gasteiger partial charge in [-0.05, 0) is 62.4 Å². The molecule has 2 rings (SSSR count). The van der Waals surface area contributed by atoms with Crippen molar-refractivity contribution in [2.45, 2.75) is 65.8 Å². The Labute approximate surface area is 131 Å². The molecule has 0 unspecified atom stereocenters. The molecule has 0 aliphatic heterocycles. The van der Waals surface area contributed by atoms with Crippen LogP contribution >= 0.6 is 0 Å². The Morgan fingerprint density at radius 1 is 0.952 bits per heavy atom. The SMILES string of the molecule is CCCCCN(CCC)Cc1ccc(C(C)=C2CC2)cc1. The van der Waals surface area contributed by atoms with Crippen LogP contribution in [0.1, 0.15) is 70.4 Å². The van der Waals surface area contributed by atoms with Crippen LogP contribution in [0.3, 0.4) is 0 Å². The third kappa shape index (κ3) is 5.32. The summed E-state index contributed by atoms with van der Waals surface area (Å²) >= 11 is 0. The molecular formula is C20H31N. The Bertz CT molecular complexity index is 449. The van der Waals surface area contributed by atoms with Crippen molar-refractivity contribution < 1.29 is 0 Å². The number of hydrogen-bond acceptors (Lipinski definition) is 1. The first-order chi connectivity index (χ1) is 10.2. The van der Waals surface area contributed by atoms with E-state index in [1.54, 1.807) is 5.57 Å². The molecule has 0 N–H and O–H groups in total. The Morgan fingerprint density at radius 3 is 2.24 bits per heavy atom. The van der Waals surface area contributed by atoms with Crippen LogP contribution in [-0.2, 0) is 6.54 Å². The average molecular weight is 285 g/mol. The second-order valence-corrected chi connectivity index (χ2v) is 6.41. The van der Waals surface area contributed by atoms with Crippen LogP contribution in [0.25, 0.3) is 5.57 Å². The summed E-state index contributed by atoms with van der Waals surface area (Å²) in [5.74, 6) is 0. The van der Waals surface area contributed by atoms with E-state index in [0.29, 0.717) is 0 Å². The van der Waals surface area contributed by atoms with Crippen molar-refractivity contribution in [3.05, 3.63) is 41.0 Å². The molecule has 0 heterocycles. The first-order valence-corrected chi connectivity index (χ1v) is 8.74. The summed E-state index contributed by atoms with van der Waals surface area (Å²) < 4.78 is 0. The number of benzene rings is 1. The van der Waals surface area contributed by atoms with Gasteiger partial charge in [-0.25, -0.2) is 0 Å². The van der Waals surface area contributed by atoms with E-state index in [-0.39, 0.29) is 0 Å². The molecule has 1 fully saturated rings. The van der Waals surface area contributed by atoms with E-state index >= 15 is 0 Å². The highest BCUT2D eigenvalue weighted by molar-refractivity contribution is 5.69. The maximum atomic E-state index is 2.61. The molecule has 1 saturated carbocycles. The minimum absolute atomic E-state index is 1.10. The average Bonchev–Trinajstić information content (AvgIpc) is 3.32. The maximum Gasteiger partial charge on any atom is 0.0233 e. The Hall–Kier alpha value is -1.08. The minimum Gasteiger partial charge on any atom is -0.299 e. The molecule has 0 aromatic heterocycles. The summed E-state index contributed by atoms with van der Waals surface area (Å²) in [7, 11) is 0. The standard InChI is InChI=1S/C20H31N/c1-4-6-7-15-21(14-5-2)16-18-8-10-19(11-9-18)17(3)20-12-13-20/h8-11H,4-7,12-16H2,1-3H3. The Kier molecular flexibility index (Phi) is 6.50. The molecule has 116 valence electrons. The van der Waals surface area contributed by atoms with Gasteiger partial charge < -0.3 is 0 Å². The van der Waals surface area contributed by atoms with Gasteiger partial charge in [0.1, 0.15) is 0 Å². The molecule has 21 heavy (non-hydrogen) atoms. The van der Waals surface area contributed by atoms with Gasteiger partial charge in [0, 0.05) is 6.54 Å². The van der Waals surface area contributed by atoms with E-state index < -0.39 is 0 Å². The van der Waals surface area contributed by atoms with Gasteiger partial charge in [0.2, 0.25) is 0 Å². The number of rotatable bonds is 9. The molecule has 0 atom stereocenters. The van der Waals surface area contributed by atoms with E-state index in [2.05, 4.69) is 49.9 Å². The fourth-order valence-corrected chi connectivity index (χ4v) is 2.93. The minimum atomic E-state index is 1.10. The maximum absolute atomic E-state index is 2.61. The van der Waals surface area contributed by atoms with Gasteiger partial charge in [-0.1, -0.05) is 56.5 Å². The lowest BCUT2D eigenvalue weighted by Gasteiger charge is -2.21. The summed E-state index contributed by atoms with van der Waals surface area (Å²) in [6.45, 7) is 10.4. The molecule has 1 nitrogen and oxygen atoms in total. The Balaban J connectivity index is 1.92. The summed E-state index contributed by atoms with van der Waals surface area (Å²) in [5.41, 5.74) is 6.03. The van der Waals surface area contributed by atoms with Crippen molar-refractivity contribution in [3.8, 4) is 0 Å². The van der Waals surface area contributed by atoms with Crippen LogP contribution in [0.2, 0.25) is 0 Å². The summed E-state index contributed by atoms with van der Waals surface area (Å²) in [6.07, 6.45) is 7.87. The zero-order chi connectivity index (χ0) is 15.1. The molecule has 0 saturated heterocycles. The number of allylic oxidation sites excluding steroid dienone is 2. The zero-order valence-corrected chi connectivity index (χ0v) is 14.1. The van der Waals surface area contributed by atoms with Crippen LogP contribution in [0.15, 0.2) is 29.8 Å². The molecule has 1 heteroatoms. The lowest BCUT2D eigenvalue weighted by atomic mass is 10.0. The van der Waals surface area contributed by atoms with Crippen molar-refractivity contribution in [1.29, 1.82) is 0 Å². The highest BCUT2D eigenvalue weighted by Crippen LogP contribution is 2.35. The normalized spacial score (nSPS) is 13.8. The number of hydrogen-bond donors (Lipinski definition) is 0. The molecule has 1 aliphatic carbocycles. The van der Waals surface area contributed by atoms with Gasteiger partial charge in [0.25, 0.3) is 0 Å². The van der Waals surface area contributed by atoms with Crippen LogP contribution < -0.4 is 0 Å². The van der Waals surface area contributed by atoms with Crippen LogP contribution in [0.4, 0.5) is 0 Å². The lowest BCUT2D eigenvalue weighted by molar-refractivity contribution is 0.260. The summed E-state index contributed by atoms with van der Waals surface area (Å²) in [4.78, 5) is 2.61. The quantitative estimate of drug-likeness (QED) is 0.529. The predicted octanol–water partition coefficient (Wildman–Crippen LogP) is 5.66. The fraction of sp³-hybridized carbons (Fsp3) is 0.600. The van der Waals surface area contributed by atoms with Crippen LogP contribution in [0, 0.1) is 0 Å². The molecule has 1 aromatic rings. The van der Waals surface area contributed by atoms with Crippen LogP contribution in [0.5, 0.6) is 0 Å². The van der Waals surface area contributed by atoms with Crippen molar-refractivity contribution >= 4 is 5.57 Å². The lowest BCUT2D eigenvalue weighted by Crippen LogP contribution is -2.25. The summed E-state index contributed by atoms with van der Waals surface area (Å²) in [5, 5.41) is 0. The Morgan fingerprint density at radius 2 is 1.67 bits per heavy atom. The van der Waals surface area contributed by atoms with E-state index in [1.165, 1.54) is 68.3 Å². The van der Waals surface area contributed by atoms with E-state index in [1.807, 2.05) is 0 Å². The predicted molar refractivity (Wildman–Crippen MR) is 93.4 cm³/mol. The van der Waals surface area contributed by atoms with Gasteiger partial charge in [-0.3, -0.25) is 4.90 Å². The third-order valence-corrected chi connectivity index (χ3v) is 4.44. The van der Waals surface area contributed by atoms with Gasteiger partial charge in [-0.2, -0.15) is 0 Å². The van der Waals surface area contributed by atoms with Crippen molar-refractivity contribution in [2.75, 3.05) is 13.1 Å². The van der Waals surface area contributed by atoms with E-state index in [0.717, 1.165) is 6.54 Å². The third-order valence-electron chi connectivity index (χ3n) is 4.44. The number of unbranched alkanes of at least 4 members (excludes halogenated alkanes) is 2. The van der Waals surface area contributed by atoms with Gasteiger partial charge >= 0.3 is 0 Å². The molecule has 1 aromatic carbocycles. The van der Waals surface area contributed by atoms with Crippen molar-refractivity contribution in [2.24, 2.45) is 0 Å². The zero-order valence-electron chi connectivity index (χ0n) is 14.1. The second kappa shape index (κ2) is 8.38. The first kappa shape index (κ1) is 16.3. The van der Waals surface area contributed by atoms with Gasteiger partial charge in [0.05, 0.1) is 0 Å². The fourth-order valence-electron chi connectivity index (χ4n) is 2.93. The molecule has 0 spiro atoms. The molecule has 0 radical (unpaired) electrons. The molecule has 1 aliphatic rings. The number of nitrogens with zero attached hydrogens (tertiary/aromatic N) is 1. The van der Waals surface area contributed by atoms with Crippen LogP contribution in [-0.4, -0.2) is 18.0 Å². The van der Waals surface area contributed by atoms with E-state index in [9.17, 15) is 0 Å². The topological polar surface area (TPSA) is 3.24 Å². The second-order valence-electron chi connectivity index (χ2n) is 6.41. The smallest absolute Gasteiger partial charge is 0.0233 e. The summed E-state index contributed by atoms with van der Waals surface area (Å²) in [6, 6.07) is 9.27. The monoisotopic (exact) mass is 285 g/mol.